The Morgan fingerprint density at radius 3 is 2.71 bits per heavy atom. The van der Waals surface area contributed by atoms with Crippen LogP contribution in [-0.2, 0) is 16.1 Å². The number of nitrogens with zero attached hydrogens (tertiary/aromatic N) is 3. The van der Waals surface area contributed by atoms with Gasteiger partial charge in [-0.05, 0) is 24.3 Å². The number of anilines is 1. The second-order valence-corrected chi connectivity index (χ2v) is 5.02. The Bertz CT molecular complexity index is 842. The second-order valence-electron chi connectivity index (χ2n) is 5.02. The summed E-state index contributed by atoms with van der Waals surface area (Å²) in [5, 5.41) is 3.34. The summed E-state index contributed by atoms with van der Waals surface area (Å²) in [4.78, 5) is 24.0. The van der Waals surface area contributed by atoms with Gasteiger partial charge in [-0.3, -0.25) is 9.78 Å². The van der Waals surface area contributed by atoms with Crippen LogP contribution in [-0.4, -0.2) is 27.5 Å². The van der Waals surface area contributed by atoms with Crippen LogP contribution in [0.2, 0.25) is 0 Å². The molecule has 3 aromatic rings. The summed E-state index contributed by atoms with van der Waals surface area (Å²) in [7, 11) is 0. The molecule has 0 aliphatic heterocycles. The molecule has 1 aromatic carbocycles. The van der Waals surface area contributed by atoms with Crippen LogP contribution in [0.4, 0.5) is 10.3 Å². The fourth-order valence-corrected chi connectivity index (χ4v) is 2.21. The largest absolute Gasteiger partial charge is 0.461 e. The topological polar surface area (TPSA) is 77.0 Å². The Labute approximate surface area is 137 Å². The number of esters is 1. The fraction of sp³-hybridized carbons (Fsp3) is 0.176. The number of hydrogen-bond acceptors (Lipinski definition) is 6. The summed E-state index contributed by atoms with van der Waals surface area (Å²) in [6.07, 6.45) is 4.97. The van der Waals surface area contributed by atoms with Crippen molar-refractivity contribution in [2.45, 2.75) is 13.0 Å². The van der Waals surface area contributed by atoms with E-state index in [0.29, 0.717) is 29.0 Å². The number of pyridine rings is 1. The van der Waals surface area contributed by atoms with Crippen LogP contribution in [0.3, 0.4) is 0 Å². The maximum atomic E-state index is 13.7. The first-order valence-corrected chi connectivity index (χ1v) is 7.42. The van der Waals surface area contributed by atoms with Crippen molar-refractivity contribution in [3.8, 4) is 0 Å². The highest BCUT2D eigenvalue weighted by molar-refractivity contribution is 5.82. The highest BCUT2D eigenvalue weighted by atomic mass is 19.1. The normalized spacial score (nSPS) is 10.5. The second kappa shape index (κ2) is 7.45. The lowest BCUT2D eigenvalue weighted by atomic mass is 10.1. The number of rotatable bonds is 6. The molecule has 0 amide bonds. The van der Waals surface area contributed by atoms with Crippen molar-refractivity contribution >= 4 is 22.8 Å². The Morgan fingerprint density at radius 2 is 1.88 bits per heavy atom. The van der Waals surface area contributed by atoms with Gasteiger partial charge in [-0.15, -0.1) is 0 Å². The zero-order valence-corrected chi connectivity index (χ0v) is 12.8. The Balaban J connectivity index is 1.54. The van der Waals surface area contributed by atoms with Gasteiger partial charge in [-0.25, -0.2) is 14.4 Å². The monoisotopic (exact) mass is 326 g/mol. The summed E-state index contributed by atoms with van der Waals surface area (Å²) in [6.45, 7) is 0.416. The Kier molecular flexibility index (Phi) is 4.90. The van der Waals surface area contributed by atoms with E-state index in [9.17, 15) is 9.18 Å². The summed E-state index contributed by atoms with van der Waals surface area (Å²) < 4.78 is 19.0. The zero-order valence-electron chi connectivity index (χ0n) is 12.8. The molecule has 6 nitrogen and oxygen atoms in total. The molecule has 0 fully saturated rings. The van der Waals surface area contributed by atoms with E-state index < -0.39 is 0 Å². The van der Waals surface area contributed by atoms with Gasteiger partial charge in [0.25, 0.3) is 0 Å². The molecule has 0 spiro atoms. The van der Waals surface area contributed by atoms with Gasteiger partial charge in [0, 0.05) is 36.1 Å². The molecular formula is C17H15FN4O2. The van der Waals surface area contributed by atoms with Crippen molar-refractivity contribution in [3.63, 3.8) is 0 Å². The van der Waals surface area contributed by atoms with Crippen molar-refractivity contribution in [1.29, 1.82) is 0 Å². The number of benzene rings is 1. The third-order valence-corrected chi connectivity index (χ3v) is 3.37. The zero-order chi connectivity index (χ0) is 16.8. The van der Waals surface area contributed by atoms with Gasteiger partial charge in [0.15, 0.2) is 0 Å². The SMILES string of the molecule is O=C(CCNc1ncccn1)OCc1ccc(F)c2cccnc12. The van der Waals surface area contributed by atoms with E-state index in [2.05, 4.69) is 20.3 Å². The number of carbonyl (C=O) groups excluding carboxylic acids is 1. The fourth-order valence-electron chi connectivity index (χ4n) is 2.21. The molecule has 0 radical (unpaired) electrons. The number of nitrogens with one attached hydrogen (secondary N) is 1. The number of aromatic nitrogens is 3. The molecule has 2 heterocycles. The van der Waals surface area contributed by atoms with Gasteiger partial charge >= 0.3 is 5.97 Å². The number of hydrogen-bond donors (Lipinski definition) is 1. The van der Waals surface area contributed by atoms with Crippen molar-refractivity contribution in [2.75, 3.05) is 11.9 Å². The number of halogens is 1. The van der Waals surface area contributed by atoms with E-state index in [1.807, 2.05) is 0 Å². The van der Waals surface area contributed by atoms with E-state index in [-0.39, 0.29) is 24.8 Å². The minimum atomic E-state index is -0.369. The maximum absolute atomic E-state index is 13.7. The summed E-state index contributed by atoms with van der Waals surface area (Å²) in [6, 6.07) is 7.95. The molecular weight excluding hydrogens is 311 g/mol. The predicted octanol–water partition coefficient (Wildman–Crippen LogP) is 2.71. The first kappa shape index (κ1) is 15.8. The third kappa shape index (κ3) is 3.81. The molecule has 0 unspecified atom stereocenters. The molecule has 3 rings (SSSR count). The van der Waals surface area contributed by atoms with Crippen LogP contribution in [0.1, 0.15) is 12.0 Å². The van der Waals surface area contributed by atoms with Crippen molar-refractivity contribution < 1.29 is 13.9 Å². The summed E-state index contributed by atoms with van der Waals surface area (Å²) >= 11 is 0. The molecule has 0 atom stereocenters. The van der Waals surface area contributed by atoms with Gasteiger partial charge in [0.05, 0.1) is 11.9 Å². The van der Waals surface area contributed by atoms with Crippen molar-refractivity contribution in [3.05, 3.63) is 60.3 Å². The quantitative estimate of drug-likeness (QED) is 0.702. The minimum Gasteiger partial charge on any atom is -0.461 e. The Morgan fingerprint density at radius 1 is 1.08 bits per heavy atom. The molecule has 2 aromatic heterocycles. The summed E-state index contributed by atoms with van der Waals surface area (Å²) in [5.74, 6) is -0.258. The number of ether oxygens (including phenoxy) is 1. The Hall–Kier alpha value is -3.09. The third-order valence-electron chi connectivity index (χ3n) is 3.37. The molecule has 122 valence electrons. The van der Waals surface area contributed by atoms with E-state index in [0.717, 1.165) is 0 Å². The lowest BCUT2D eigenvalue weighted by Crippen LogP contribution is -2.13. The number of carbonyl (C=O) groups is 1. The molecule has 0 aliphatic carbocycles. The molecule has 24 heavy (non-hydrogen) atoms. The molecule has 7 heteroatoms. The molecule has 1 N–H and O–H groups in total. The van der Waals surface area contributed by atoms with E-state index in [4.69, 9.17) is 4.74 Å². The van der Waals surface area contributed by atoms with E-state index >= 15 is 0 Å². The van der Waals surface area contributed by atoms with Crippen LogP contribution < -0.4 is 5.32 Å². The highest BCUT2D eigenvalue weighted by Crippen LogP contribution is 2.20. The van der Waals surface area contributed by atoms with E-state index in [1.54, 1.807) is 42.9 Å². The van der Waals surface area contributed by atoms with Gasteiger partial charge in [0.1, 0.15) is 12.4 Å². The molecule has 0 aliphatic rings. The molecule has 0 saturated carbocycles. The van der Waals surface area contributed by atoms with Gasteiger partial charge in [0.2, 0.25) is 5.95 Å². The van der Waals surface area contributed by atoms with Crippen molar-refractivity contribution in [1.82, 2.24) is 15.0 Å². The predicted molar refractivity (Wildman–Crippen MR) is 86.6 cm³/mol. The smallest absolute Gasteiger partial charge is 0.307 e. The molecule has 0 bridgehead atoms. The lowest BCUT2D eigenvalue weighted by Gasteiger charge is -2.08. The van der Waals surface area contributed by atoms with Crippen LogP contribution in [0, 0.1) is 5.82 Å². The van der Waals surface area contributed by atoms with Gasteiger partial charge < -0.3 is 10.1 Å². The molecule has 0 saturated heterocycles. The van der Waals surface area contributed by atoms with Gasteiger partial charge in [-0.2, -0.15) is 0 Å². The van der Waals surface area contributed by atoms with Crippen LogP contribution in [0.25, 0.3) is 10.9 Å². The standard InChI is InChI=1S/C17H15FN4O2/c18-14-5-4-12(16-13(14)3-1-7-19-16)11-24-15(23)6-10-22-17-20-8-2-9-21-17/h1-5,7-9H,6,10-11H2,(H,20,21,22). The van der Waals surface area contributed by atoms with E-state index in [1.165, 1.54) is 6.07 Å². The first-order chi connectivity index (χ1) is 11.7. The minimum absolute atomic E-state index is 0.0501. The highest BCUT2D eigenvalue weighted by Gasteiger charge is 2.09. The lowest BCUT2D eigenvalue weighted by molar-refractivity contribution is -0.144. The van der Waals surface area contributed by atoms with Crippen LogP contribution in [0.15, 0.2) is 48.9 Å². The average Bonchev–Trinajstić information content (AvgIpc) is 2.62. The maximum Gasteiger partial charge on any atom is 0.307 e. The van der Waals surface area contributed by atoms with Gasteiger partial charge in [-0.1, -0.05) is 6.07 Å². The van der Waals surface area contributed by atoms with Crippen molar-refractivity contribution in [2.24, 2.45) is 0 Å². The van der Waals surface area contributed by atoms with Crippen LogP contribution in [0.5, 0.6) is 0 Å². The van der Waals surface area contributed by atoms with Crippen LogP contribution >= 0.6 is 0 Å². The average molecular weight is 326 g/mol. The first-order valence-electron chi connectivity index (χ1n) is 7.42. The number of fused-ring (bicyclic) bond motifs is 1. The summed E-state index contributed by atoms with van der Waals surface area (Å²) in [5.41, 5.74) is 1.17.